The SMILES string of the molecule is CC(C)CCCCCCNCC(O)CC(=O)O. The molecule has 4 nitrogen and oxygen atoms in total. The molecule has 0 aromatic carbocycles. The Morgan fingerprint density at radius 3 is 2.41 bits per heavy atom. The molecule has 102 valence electrons. The molecule has 0 aliphatic heterocycles. The summed E-state index contributed by atoms with van der Waals surface area (Å²) in [7, 11) is 0. The van der Waals surface area contributed by atoms with Gasteiger partial charge in [0, 0.05) is 6.54 Å². The van der Waals surface area contributed by atoms with Crippen LogP contribution in [0.2, 0.25) is 0 Å². The summed E-state index contributed by atoms with van der Waals surface area (Å²) in [4.78, 5) is 10.3. The summed E-state index contributed by atoms with van der Waals surface area (Å²) in [6.45, 7) is 5.72. The van der Waals surface area contributed by atoms with Crippen molar-refractivity contribution in [2.24, 2.45) is 5.92 Å². The molecule has 3 N–H and O–H groups in total. The number of aliphatic hydroxyl groups excluding tert-OH is 1. The van der Waals surface area contributed by atoms with Crippen LogP contribution in [-0.4, -0.2) is 35.4 Å². The Labute approximate surface area is 104 Å². The first kappa shape index (κ1) is 16.4. The highest BCUT2D eigenvalue weighted by molar-refractivity contribution is 5.67. The number of hydrogen-bond acceptors (Lipinski definition) is 3. The fourth-order valence-corrected chi connectivity index (χ4v) is 1.70. The molecule has 4 heteroatoms. The van der Waals surface area contributed by atoms with Crippen LogP contribution in [0.1, 0.15) is 52.4 Å². The van der Waals surface area contributed by atoms with E-state index in [4.69, 9.17) is 5.11 Å². The Morgan fingerprint density at radius 2 is 1.82 bits per heavy atom. The van der Waals surface area contributed by atoms with Gasteiger partial charge in [-0.2, -0.15) is 0 Å². The number of hydrogen-bond donors (Lipinski definition) is 3. The lowest BCUT2D eigenvalue weighted by Gasteiger charge is -2.09. The fraction of sp³-hybridized carbons (Fsp3) is 0.923. The molecular formula is C13H27NO3. The van der Waals surface area contributed by atoms with E-state index in [-0.39, 0.29) is 6.42 Å². The molecule has 0 bridgehead atoms. The van der Waals surface area contributed by atoms with Crippen molar-refractivity contribution in [1.29, 1.82) is 0 Å². The average molecular weight is 245 g/mol. The fourth-order valence-electron chi connectivity index (χ4n) is 1.70. The second-order valence-corrected chi connectivity index (χ2v) is 5.05. The van der Waals surface area contributed by atoms with E-state index in [0.717, 1.165) is 18.9 Å². The Morgan fingerprint density at radius 1 is 1.18 bits per heavy atom. The van der Waals surface area contributed by atoms with Gasteiger partial charge in [-0.05, 0) is 18.9 Å². The molecule has 0 aliphatic rings. The minimum absolute atomic E-state index is 0.179. The first-order chi connectivity index (χ1) is 8.02. The van der Waals surface area contributed by atoms with Gasteiger partial charge < -0.3 is 15.5 Å². The predicted molar refractivity (Wildman–Crippen MR) is 69.1 cm³/mol. The maximum absolute atomic E-state index is 10.3. The number of nitrogens with one attached hydrogen (secondary N) is 1. The van der Waals surface area contributed by atoms with Crippen molar-refractivity contribution >= 4 is 5.97 Å². The maximum atomic E-state index is 10.3. The molecule has 0 radical (unpaired) electrons. The first-order valence-electron chi connectivity index (χ1n) is 6.63. The topological polar surface area (TPSA) is 69.6 Å². The molecule has 0 aromatic heterocycles. The van der Waals surface area contributed by atoms with Gasteiger partial charge in [0.2, 0.25) is 0 Å². The first-order valence-corrected chi connectivity index (χ1v) is 6.63. The Hall–Kier alpha value is -0.610. The summed E-state index contributed by atoms with van der Waals surface area (Å²) in [6.07, 6.45) is 5.20. The summed E-state index contributed by atoms with van der Waals surface area (Å²) in [5.41, 5.74) is 0. The van der Waals surface area contributed by atoms with E-state index in [9.17, 15) is 9.90 Å². The minimum atomic E-state index is -0.951. The highest BCUT2D eigenvalue weighted by atomic mass is 16.4. The van der Waals surface area contributed by atoms with Crippen molar-refractivity contribution in [3.05, 3.63) is 0 Å². The molecule has 0 saturated heterocycles. The molecule has 0 aliphatic carbocycles. The van der Waals surface area contributed by atoms with Gasteiger partial charge >= 0.3 is 5.97 Å². The number of aliphatic hydroxyl groups is 1. The number of rotatable bonds is 11. The molecule has 17 heavy (non-hydrogen) atoms. The largest absolute Gasteiger partial charge is 0.481 e. The van der Waals surface area contributed by atoms with E-state index in [1.807, 2.05) is 0 Å². The van der Waals surface area contributed by atoms with Crippen LogP contribution in [-0.2, 0) is 4.79 Å². The smallest absolute Gasteiger partial charge is 0.306 e. The van der Waals surface area contributed by atoms with E-state index >= 15 is 0 Å². The molecule has 0 aromatic rings. The van der Waals surface area contributed by atoms with Crippen LogP contribution in [0.3, 0.4) is 0 Å². The van der Waals surface area contributed by atoms with Gasteiger partial charge in [0.25, 0.3) is 0 Å². The van der Waals surface area contributed by atoms with Gasteiger partial charge in [0.05, 0.1) is 12.5 Å². The summed E-state index contributed by atoms with van der Waals surface area (Å²) in [5.74, 6) is -0.160. The highest BCUT2D eigenvalue weighted by Gasteiger charge is 2.07. The monoisotopic (exact) mass is 245 g/mol. The lowest BCUT2D eigenvalue weighted by molar-refractivity contribution is -0.139. The summed E-state index contributed by atoms with van der Waals surface area (Å²) < 4.78 is 0. The average Bonchev–Trinajstić information content (AvgIpc) is 2.20. The molecule has 0 saturated carbocycles. The third kappa shape index (κ3) is 13.3. The Balaban J connectivity index is 3.15. The minimum Gasteiger partial charge on any atom is -0.481 e. The van der Waals surface area contributed by atoms with Crippen LogP contribution in [0.15, 0.2) is 0 Å². The number of aliphatic carboxylic acids is 1. The number of carboxylic acid groups (broad SMARTS) is 1. The van der Waals surface area contributed by atoms with Crippen molar-refractivity contribution in [2.45, 2.75) is 58.5 Å². The van der Waals surface area contributed by atoms with Gasteiger partial charge in [-0.1, -0.05) is 39.5 Å². The second kappa shape index (κ2) is 10.5. The quantitative estimate of drug-likeness (QED) is 0.487. The maximum Gasteiger partial charge on any atom is 0.306 e. The third-order valence-electron chi connectivity index (χ3n) is 2.68. The summed E-state index contributed by atoms with van der Waals surface area (Å²) >= 11 is 0. The van der Waals surface area contributed by atoms with E-state index < -0.39 is 12.1 Å². The molecular weight excluding hydrogens is 218 g/mol. The van der Waals surface area contributed by atoms with Crippen molar-refractivity contribution in [3.8, 4) is 0 Å². The van der Waals surface area contributed by atoms with Crippen LogP contribution in [0.25, 0.3) is 0 Å². The zero-order chi connectivity index (χ0) is 13.1. The van der Waals surface area contributed by atoms with Crippen LogP contribution in [0.5, 0.6) is 0 Å². The van der Waals surface area contributed by atoms with Crippen molar-refractivity contribution < 1.29 is 15.0 Å². The van der Waals surface area contributed by atoms with E-state index in [1.54, 1.807) is 0 Å². The molecule has 0 amide bonds. The summed E-state index contributed by atoms with van der Waals surface area (Å²) in [6, 6.07) is 0. The van der Waals surface area contributed by atoms with Gasteiger partial charge in [0.1, 0.15) is 0 Å². The zero-order valence-electron chi connectivity index (χ0n) is 11.1. The van der Waals surface area contributed by atoms with Gasteiger partial charge in [0.15, 0.2) is 0 Å². The van der Waals surface area contributed by atoms with Crippen LogP contribution in [0.4, 0.5) is 0 Å². The number of unbranched alkanes of at least 4 members (excludes halogenated alkanes) is 3. The highest BCUT2D eigenvalue weighted by Crippen LogP contribution is 2.08. The molecule has 0 fully saturated rings. The Bertz CT molecular complexity index is 195. The lowest BCUT2D eigenvalue weighted by atomic mass is 10.0. The standard InChI is InChI=1S/C13H27NO3/c1-11(2)7-5-3-4-6-8-14-10-12(15)9-13(16)17/h11-12,14-15H,3-10H2,1-2H3,(H,16,17). The normalized spacial score (nSPS) is 12.9. The van der Waals surface area contributed by atoms with Crippen LogP contribution >= 0.6 is 0 Å². The molecule has 1 atom stereocenters. The molecule has 0 heterocycles. The summed E-state index contributed by atoms with van der Waals surface area (Å²) in [5, 5.41) is 20.8. The van der Waals surface area contributed by atoms with E-state index in [2.05, 4.69) is 19.2 Å². The van der Waals surface area contributed by atoms with E-state index in [0.29, 0.717) is 6.54 Å². The van der Waals surface area contributed by atoms with Gasteiger partial charge in [-0.15, -0.1) is 0 Å². The van der Waals surface area contributed by atoms with Crippen molar-refractivity contribution in [3.63, 3.8) is 0 Å². The van der Waals surface area contributed by atoms with Gasteiger partial charge in [-0.3, -0.25) is 4.79 Å². The second-order valence-electron chi connectivity index (χ2n) is 5.05. The number of carbonyl (C=O) groups is 1. The van der Waals surface area contributed by atoms with Crippen molar-refractivity contribution in [2.75, 3.05) is 13.1 Å². The molecule has 0 rings (SSSR count). The van der Waals surface area contributed by atoms with Gasteiger partial charge in [-0.25, -0.2) is 0 Å². The zero-order valence-corrected chi connectivity index (χ0v) is 11.1. The number of carboxylic acids is 1. The Kier molecular flexibility index (Phi) is 10.2. The predicted octanol–water partition coefficient (Wildman–Crippen LogP) is 2.02. The van der Waals surface area contributed by atoms with Crippen molar-refractivity contribution in [1.82, 2.24) is 5.32 Å². The van der Waals surface area contributed by atoms with E-state index in [1.165, 1.54) is 25.7 Å². The lowest BCUT2D eigenvalue weighted by Crippen LogP contribution is -2.29. The third-order valence-corrected chi connectivity index (χ3v) is 2.68. The molecule has 0 spiro atoms. The molecule has 1 unspecified atom stereocenters. The van der Waals surface area contributed by atoms with Crippen LogP contribution in [0, 0.1) is 5.92 Å². The van der Waals surface area contributed by atoms with Crippen LogP contribution < -0.4 is 5.32 Å².